The van der Waals surface area contributed by atoms with Crippen LogP contribution in [0.2, 0.25) is 0 Å². The van der Waals surface area contributed by atoms with Crippen LogP contribution in [0.15, 0.2) is 23.6 Å². The Hall–Kier alpha value is -2.41. The van der Waals surface area contributed by atoms with Gasteiger partial charge in [-0.15, -0.1) is 11.3 Å². The first-order chi connectivity index (χ1) is 11.5. The third kappa shape index (κ3) is 2.11. The van der Waals surface area contributed by atoms with Crippen LogP contribution in [0.5, 0.6) is 5.75 Å². The highest BCUT2D eigenvalue weighted by molar-refractivity contribution is 7.09. The molecule has 1 atom stereocenters. The van der Waals surface area contributed by atoms with Gasteiger partial charge in [-0.25, -0.2) is 9.78 Å². The van der Waals surface area contributed by atoms with Gasteiger partial charge in [-0.2, -0.15) is 0 Å². The number of amides is 3. The molecule has 6 nitrogen and oxygen atoms in total. The zero-order valence-corrected chi connectivity index (χ0v) is 14.3. The molecule has 1 spiro atoms. The van der Waals surface area contributed by atoms with Gasteiger partial charge in [0.15, 0.2) is 0 Å². The SMILES string of the molecule is COc1ccc2c(c1)C1(CC2)NC(=O)N(Cc2nc(C)cs2)C1=O. The summed E-state index contributed by atoms with van der Waals surface area (Å²) in [7, 11) is 1.59. The largest absolute Gasteiger partial charge is 0.497 e. The fourth-order valence-electron chi connectivity index (χ4n) is 3.49. The number of aryl methyl sites for hydroxylation is 2. The van der Waals surface area contributed by atoms with E-state index in [9.17, 15) is 9.59 Å². The third-order valence-corrected chi connectivity index (χ3v) is 5.63. The van der Waals surface area contributed by atoms with Crippen molar-refractivity contribution in [2.45, 2.75) is 31.8 Å². The summed E-state index contributed by atoms with van der Waals surface area (Å²) in [5.41, 5.74) is 1.86. The van der Waals surface area contributed by atoms with Crippen LogP contribution < -0.4 is 10.1 Å². The Morgan fingerprint density at radius 2 is 2.25 bits per heavy atom. The zero-order valence-electron chi connectivity index (χ0n) is 13.5. The first kappa shape index (κ1) is 15.1. The molecule has 1 saturated heterocycles. The highest BCUT2D eigenvalue weighted by atomic mass is 32.1. The topological polar surface area (TPSA) is 71.5 Å². The van der Waals surface area contributed by atoms with E-state index in [0.717, 1.165) is 28.2 Å². The van der Waals surface area contributed by atoms with Crippen molar-refractivity contribution < 1.29 is 14.3 Å². The van der Waals surface area contributed by atoms with Crippen LogP contribution in [0.4, 0.5) is 4.79 Å². The van der Waals surface area contributed by atoms with Gasteiger partial charge in [-0.05, 0) is 43.0 Å². The lowest BCUT2D eigenvalue weighted by Gasteiger charge is -2.22. The fourth-order valence-corrected chi connectivity index (χ4v) is 4.25. The first-order valence-electron chi connectivity index (χ1n) is 7.76. The normalized spacial score (nSPS) is 22.2. The molecule has 124 valence electrons. The highest BCUT2D eigenvalue weighted by Crippen LogP contribution is 2.43. The van der Waals surface area contributed by atoms with Crippen LogP contribution in [0.1, 0.15) is 28.2 Å². The maximum atomic E-state index is 13.1. The minimum Gasteiger partial charge on any atom is -0.497 e. The molecule has 2 aromatic rings. The van der Waals surface area contributed by atoms with E-state index >= 15 is 0 Å². The van der Waals surface area contributed by atoms with Crippen molar-refractivity contribution in [3.8, 4) is 5.75 Å². The molecule has 24 heavy (non-hydrogen) atoms. The van der Waals surface area contributed by atoms with Crippen LogP contribution in [0.3, 0.4) is 0 Å². The summed E-state index contributed by atoms with van der Waals surface area (Å²) in [6, 6.07) is 5.35. The van der Waals surface area contributed by atoms with E-state index in [-0.39, 0.29) is 18.5 Å². The van der Waals surface area contributed by atoms with Crippen molar-refractivity contribution in [1.82, 2.24) is 15.2 Å². The zero-order chi connectivity index (χ0) is 16.9. The standard InChI is InChI=1S/C17H17N3O3S/c1-10-9-24-14(18-10)8-20-15(21)17(19-16(20)22)6-5-11-3-4-12(23-2)7-13(11)17/h3-4,7,9H,5-6,8H2,1-2H3,(H,19,22). The van der Waals surface area contributed by atoms with E-state index in [1.807, 2.05) is 30.5 Å². The van der Waals surface area contributed by atoms with E-state index in [0.29, 0.717) is 12.2 Å². The Kier molecular flexibility index (Phi) is 3.35. The summed E-state index contributed by atoms with van der Waals surface area (Å²) in [6.07, 6.45) is 1.34. The smallest absolute Gasteiger partial charge is 0.325 e. The van der Waals surface area contributed by atoms with Gasteiger partial charge in [-0.3, -0.25) is 9.69 Å². The fraction of sp³-hybridized carbons (Fsp3) is 0.353. The molecule has 2 heterocycles. The van der Waals surface area contributed by atoms with Gasteiger partial charge in [0.25, 0.3) is 5.91 Å². The lowest BCUT2D eigenvalue weighted by Crippen LogP contribution is -2.41. The molecular formula is C17H17N3O3S. The van der Waals surface area contributed by atoms with Gasteiger partial charge >= 0.3 is 6.03 Å². The summed E-state index contributed by atoms with van der Waals surface area (Å²) in [5, 5.41) is 5.60. The van der Waals surface area contributed by atoms with Crippen molar-refractivity contribution in [2.75, 3.05) is 7.11 Å². The Morgan fingerprint density at radius 3 is 2.96 bits per heavy atom. The lowest BCUT2D eigenvalue weighted by molar-refractivity contribution is -0.132. The molecule has 2 aliphatic rings. The number of hydrogen-bond donors (Lipinski definition) is 1. The number of hydrogen-bond acceptors (Lipinski definition) is 5. The quantitative estimate of drug-likeness (QED) is 0.869. The Labute approximate surface area is 143 Å². The van der Waals surface area contributed by atoms with Crippen LogP contribution in [-0.2, 0) is 23.3 Å². The molecule has 0 bridgehead atoms. The lowest BCUT2D eigenvalue weighted by atomic mass is 9.91. The van der Waals surface area contributed by atoms with Crippen molar-refractivity contribution in [1.29, 1.82) is 0 Å². The van der Waals surface area contributed by atoms with Crippen LogP contribution >= 0.6 is 11.3 Å². The molecular weight excluding hydrogens is 326 g/mol. The van der Waals surface area contributed by atoms with Gasteiger partial charge in [0.1, 0.15) is 16.3 Å². The van der Waals surface area contributed by atoms with Gasteiger partial charge in [0, 0.05) is 11.1 Å². The maximum absolute atomic E-state index is 13.1. The minimum absolute atomic E-state index is 0.202. The number of carbonyl (C=O) groups excluding carboxylic acids is 2. The van der Waals surface area contributed by atoms with E-state index in [2.05, 4.69) is 10.3 Å². The maximum Gasteiger partial charge on any atom is 0.325 e. The summed E-state index contributed by atoms with van der Waals surface area (Å²) in [5.74, 6) is 0.485. The Morgan fingerprint density at radius 1 is 1.42 bits per heavy atom. The third-order valence-electron chi connectivity index (χ3n) is 4.68. The van der Waals surface area contributed by atoms with Crippen LogP contribution in [0.25, 0.3) is 0 Å². The second kappa shape index (κ2) is 5.31. The van der Waals surface area contributed by atoms with Gasteiger partial charge in [0.05, 0.1) is 13.7 Å². The summed E-state index contributed by atoms with van der Waals surface area (Å²) >= 11 is 1.46. The number of methoxy groups -OCH3 is 1. The van der Waals surface area contributed by atoms with E-state index < -0.39 is 5.54 Å². The van der Waals surface area contributed by atoms with Crippen molar-refractivity contribution in [2.24, 2.45) is 0 Å². The predicted octanol–water partition coefficient (Wildman–Crippen LogP) is 2.35. The molecule has 1 fully saturated rings. The number of nitrogens with one attached hydrogen (secondary N) is 1. The number of ether oxygens (including phenoxy) is 1. The number of aromatic nitrogens is 1. The molecule has 4 rings (SSSR count). The second-order valence-corrected chi connectivity index (χ2v) is 7.08. The molecule has 7 heteroatoms. The molecule has 1 aliphatic carbocycles. The Balaban J connectivity index is 1.69. The second-order valence-electron chi connectivity index (χ2n) is 6.13. The number of urea groups is 1. The number of fused-ring (bicyclic) bond motifs is 2. The molecule has 1 unspecified atom stereocenters. The van der Waals surface area contributed by atoms with Crippen LogP contribution in [-0.4, -0.2) is 28.9 Å². The van der Waals surface area contributed by atoms with Gasteiger partial charge in [-0.1, -0.05) is 6.07 Å². The number of imide groups is 1. The molecule has 1 aliphatic heterocycles. The van der Waals surface area contributed by atoms with Crippen molar-refractivity contribution in [3.05, 3.63) is 45.4 Å². The monoisotopic (exact) mass is 343 g/mol. The van der Waals surface area contributed by atoms with Gasteiger partial charge in [0.2, 0.25) is 0 Å². The Bertz CT molecular complexity index is 847. The van der Waals surface area contributed by atoms with E-state index in [1.54, 1.807) is 7.11 Å². The minimum atomic E-state index is -0.965. The first-order valence-corrected chi connectivity index (χ1v) is 8.64. The average Bonchev–Trinajstić information content (AvgIpc) is 3.22. The summed E-state index contributed by atoms with van der Waals surface area (Å²) in [6.45, 7) is 2.11. The number of rotatable bonds is 3. The molecule has 0 saturated carbocycles. The summed E-state index contributed by atoms with van der Waals surface area (Å²) in [4.78, 5) is 31.2. The number of thiazole rings is 1. The van der Waals surface area contributed by atoms with Gasteiger partial charge < -0.3 is 10.1 Å². The predicted molar refractivity (Wildman–Crippen MR) is 88.9 cm³/mol. The van der Waals surface area contributed by atoms with Crippen LogP contribution in [0, 0.1) is 6.92 Å². The molecule has 1 aromatic heterocycles. The molecule has 3 amide bonds. The van der Waals surface area contributed by atoms with E-state index in [4.69, 9.17) is 4.74 Å². The number of benzene rings is 1. The molecule has 1 N–H and O–H groups in total. The molecule has 0 radical (unpaired) electrons. The van der Waals surface area contributed by atoms with E-state index in [1.165, 1.54) is 16.2 Å². The summed E-state index contributed by atoms with van der Waals surface area (Å²) < 4.78 is 5.28. The van der Waals surface area contributed by atoms with Crippen molar-refractivity contribution >= 4 is 23.3 Å². The number of nitrogens with zero attached hydrogens (tertiary/aromatic N) is 2. The van der Waals surface area contributed by atoms with Crippen molar-refractivity contribution in [3.63, 3.8) is 0 Å². The number of carbonyl (C=O) groups is 2. The average molecular weight is 343 g/mol. The highest BCUT2D eigenvalue weighted by Gasteiger charge is 2.55. The molecule has 1 aromatic carbocycles.